The Balaban J connectivity index is 0. The summed E-state index contributed by atoms with van der Waals surface area (Å²) in [5.41, 5.74) is 0. The number of nitrogens with two attached hydrogens (primary N) is 1. The molecule has 1 nitrogen and oxygen atoms in total. The van der Waals surface area contributed by atoms with E-state index in [0.29, 0.717) is 0 Å². The first-order chi connectivity index (χ1) is 10.4. The van der Waals surface area contributed by atoms with Crippen LogP contribution in [-0.2, 0) is 0 Å². The SMILES string of the molecule is CCCCCCCCCCCCCC[NH2+]C.F[P-](F)(F)(F)(F)F. The maximum atomic E-state index is 9.87. The molecule has 0 rings (SSSR count). The van der Waals surface area contributed by atoms with Crippen molar-refractivity contribution in [1.82, 2.24) is 0 Å². The summed E-state index contributed by atoms with van der Waals surface area (Å²) >= 11 is 0. The van der Waals surface area contributed by atoms with E-state index in [1.54, 1.807) is 0 Å². The van der Waals surface area contributed by atoms with Crippen LogP contribution < -0.4 is 5.32 Å². The van der Waals surface area contributed by atoms with Gasteiger partial charge in [-0.15, -0.1) is 0 Å². The zero-order chi connectivity index (χ0) is 18.3. The molecule has 0 saturated carbocycles. The fourth-order valence-electron chi connectivity index (χ4n) is 2.19. The van der Waals surface area contributed by atoms with Gasteiger partial charge in [0.15, 0.2) is 0 Å². The number of hydrogen-bond donors (Lipinski definition) is 1. The van der Waals surface area contributed by atoms with E-state index in [1.165, 1.54) is 83.6 Å². The standard InChI is InChI=1S/C15H33N.F6P/c1-3-4-5-6-7-8-9-10-11-12-13-14-15-16-2;1-7(2,3,4,5)6/h16H,3-15H2,1-2H3;/q;-1/p+1. The summed E-state index contributed by atoms with van der Waals surface area (Å²) in [6.45, 7) is 3.60. The quantitative estimate of drug-likeness (QED) is 0.199. The zero-order valence-corrected chi connectivity index (χ0v) is 15.4. The van der Waals surface area contributed by atoms with E-state index in [9.17, 15) is 25.2 Å². The number of rotatable bonds is 13. The average molecular weight is 373 g/mol. The van der Waals surface area contributed by atoms with Crippen LogP contribution in [0.3, 0.4) is 0 Å². The van der Waals surface area contributed by atoms with Crippen LogP contribution in [0.25, 0.3) is 0 Å². The molecule has 0 aromatic rings. The summed E-state index contributed by atoms with van der Waals surface area (Å²) < 4.78 is 59.2. The monoisotopic (exact) mass is 373 g/mol. The van der Waals surface area contributed by atoms with Gasteiger partial charge in [0, 0.05) is 0 Å². The van der Waals surface area contributed by atoms with Gasteiger partial charge in [0.05, 0.1) is 13.6 Å². The summed E-state index contributed by atoms with van der Waals surface area (Å²) in [6.07, 6.45) is 17.4. The van der Waals surface area contributed by atoms with Gasteiger partial charge < -0.3 is 5.32 Å². The predicted octanol–water partition coefficient (Wildman–Crippen LogP) is 7.26. The van der Waals surface area contributed by atoms with E-state index in [0.717, 1.165) is 0 Å². The Labute approximate surface area is 136 Å². The minimum atomic E-state index is -10.7. The fraction of sp³-hybridized carbons (Fsp3) is 1.00. The molecule has 0 aliphatic carbocycles. The molecule has 0 amide bonds. The molecule has 0 aliphatic rings. The molecule has 2 N–H and O–H groups in total. The molecule has 0 bridgehead atoms. The first-order valence-corrected chi connectivity index (χ1v) is 10.7. The Morgan fingerprint density at radius 2 is 0.826 bits per heavy atom. The van der Waals surface area contributed by atoms with Gasteiger partial charge in [-0.25, -0.2) is 0 Å². The Hall–Kier alpha value is -0.0300. The van der Waals surface area contributed by atoms with Crippen LogP contribution in [0.4, 0.5) is 25.2 Å². The Morgan fingerprint density at radius 3 is 1.09 bits per heavy atom. The fourth-order valence-corrected chi connectivity index (χ4v) is 2.19. The van der Waals surface area contributed by atoms with Gasteiger partial charge >= 0.3 is 33.0 Å². The Kier molecular flexibility index (Phi) is 12.6. The van der Waals surface area contributed by atoms with Crippen molar-refractivity contribution >= 4 is 7.81 Å². The third-order valence-electron chi connectivity index (χ3n) is 3.35. The van der Waals surface area contributed by atoms with Crippen LogP contribution in [0.5, 0.6) is 0 Å². The number of halogens is 6. The topological polar surface area (TPSA) is 16.6 Å². The van der Waals surface area contributed by atoms with Crippen molar-refractivity contribution in [1.29, 1.82) is 0 Å². The van der Waals surface area contributed by atoms with E-state index >= 15 is 0 Å². The van der Waals surface area contributed by atoms with E-state index in [1.807, 2.05) is 0 Å². The van der Waals surface area contributed by atoms with Gasteiger partial charge in [-0.1, -0.05) is 71.1 Å². The Bertz CT molecular complexity index is 239. The molecule has 0 unspecified atom stereocenters. The van der Waals surface area contributed by atoms with Crippen molar-refractivity contribution in [2.75, 3.05) is 13.6 Å². The summed E-state index contributed by atoms with van der Waals surface area (Å²) in [5.74, 6) is 0. The molecule has 0 saturated heterocycles. The van der Waals surface area contributed by atoms with E-state index in [4.69, 9.17) is 0 Å². The molecule has 146 valence electrons. The van der Waals surface area contributed by atoms with Crippen LogP contribution in [0, 0.1) is 0 Å². The molecule has 0 aliphatic heterocycles. The first kappa shape index (κ1) is 25.2. The molecular formula is C15H34F6NP. The molecule has 0 spiro atoms. The molecule has 0 radical (unpaired) electrons. The van der Waals surface area contributed by atoms with Crippen LogP contribution in [0.15, 0.2) is 0 Å². The summed E-state index contributed by atoms with van der Waals surface area (Å²) in [4.78, 5) is 0. The molecular weight excluding hydrogens is 339 g/mol. The van der Waals surface area contributed by atoms with Gasteiger partial charge in [0.25, 0.3) is 0 Å². The van der Waals surface area contributed by atoms with Crippen LogP contribution in [0.1, 0.15) is 84.0 Å². The number of quaternary nitrogens is 1. The van der Waals surface area contributed by atoms with Crippen molar-refractivity contribution in [2.24, 2.45) is 0 Å². The van der Waals surface area contributed by atoms with Crippen LogP contribution >= 0.6 is 7.81 Å². The van der Waals surface area contributed by atoms with Gasteiger partial charge in [0.1, 0.15) is 0 Å². The van der Waals surface area contributed by atoms with Gasteiger partial charge in [-0.05, 0) is 12.8 Å². The third kappa shape index (κ3) is 52.1. The minimum absolute atomic E-state index is 1.32. The van der Waals surface area contributed by atoms with E-state index in [2.05, 4.69) is 19.3 Å². The first-order valence-electron chi connectivity index (χ1n) is 8.71. The maximum absolute atomic E-state index is 10.7. The molecule has 0 aromatic carbocycles. The van der Waals surface area contributed by atoms with Crippen molar-refractivity contribution in [3.8, 4) is 0 Å². The van der Waals surface area contributed by atoms with Crippen molar-refractivity contribution < 1.29 is 30.5 Å². The van der Waals surface area contributed by atoms with E-state index < -0.39 is 7.81 Å². The van der Waals surface area contributed by atoms with Gasteiger partial charge in [-0.2, -0.15) is 0 Å². The number of hydrogen-bond acceptors (Lipinski definition) is 0. The molecule has 23 heavy (non-hydrogen) atoms. The third-order valence-corrected chi connectivity index (χ3v) is 3.35. The second-order valence-corrected chi connectivity index (χ2v) is 7.96. The normalized spacial score (nSPS) is 14.6. The predicted molar refractivity (Wildman–Crippen MR) is 87.4 cm³/mol. The van der Waals surface area contributed by atoms with Gasteiger partial charge in [0.2, 0.25) is 0 Å². The molecule has 8 heteroatoms. The van der Waals surface area contributed by atoms with Crippen LogP contribution in [0.2, 0.25) is 0 Å². The van der Waals surface area contributed by atoms with E-state index in [-0.39, 0.29) is 0 Å². The molecule has 0 heterocycles. The zero-order valence-electron chi connectivity index (χ0n) is 14.5. The Morgan fingerprint density at radius 1 is 0.565 bits per heavy atom. The van der Waals surface area contributed by atoms with Crippen molar-refractivity contribution in [3.05, 3.63) is 0 Å². The molecule has 0 aromatic heterocycles. The molecule has 0 atom stereocenters. The summed E-state index contributed by atoms with van der Waals surface area (Å²) in [5, 5.41) is 2.29. The summed E-state index contributed by atoms with van der Waals surface area (Å²) in [6, 6.07) is 0. The average Bonchev–Trinajstić information content (AvgIpc) is 2.36. The second kappa shape index (κ2) is 11.5. The second-order valence-electron chi connectivity index (χ2n) is 6.04. The van der Waals surface area contributed by atoms with Crippen LogP contribution in [-0.4, -0.2) is 13.6 Å². The summed E-state index contributed by atoms with van der Waals surface area (Å²) in [7, 11) is -8.49. The van der Waals surface area contributed by atoms with Crippen molar-refractivity contribution in [2.45, 2.75) is 84.0 Å². The molecule has 0 fully saturated rings. The number of unbranched alkanes of at least 4 members (excludes halogenated alkanes) is 11. The van der Waals surface area contributed by atoms with Crippen molar-refractivity contribution in [3.63, 3.8) is 0 Å². The van der Waals surface area contributed by atoms with Gasteiger partial charge in [-0.3, -0.25) is 0 Å².